The molecule has 0 heterocycles. The summed E-state index contributed by atoms with van der Waals surface area (Å²) >= 11 is 0. The highest BCUT2D eigenvalue weighted by molar-refractivity contribution is 5.91. The third kappa shape index (κ3) is 4.62. The SMILES string of the molecule is CC(=O)N(CCNC(=O)Cc1ccccc1)c1c(F)cccc1F. The number of para-hydroxylation sites is 1. The van der Waals surface area contributed by atoms with E-state index in [4.69, 9.17) is 0 Å². The molecule has 126 valence electrons. The summed E-state index contributed by atoms with van der Waals surface area (Å²) in [5, 5.41) is 2.65. The predicted molar refractivity (Wildman–Crippen MR) is 87.5 cm³/mol. The van der Waals surface area contributed by atoms with Gasteiger partial charge in [-0.1, -0.05) is 36.4 Å². The Hall–Kier alpha value is -2.76. The summed E-state index contributed by atoms with van der Waals surface area (Å²) < 4.78 is 27.6. The first-order chi connectivity index (χ1) is 11.5. The summed E-state index contributed by atoms with van der Waals surface area (Å²) in [6, 6.07) is 12.6. The topological polar surface area (TPSA) is 49.4 Å². The van der Waals surface area contributed by atoms with Crippen LogP contribution in [0.3, 0.4) is 0 Å². The molecule has 4 nitrogen and oxygen atoms in total. The number of hydrogen-bond acceptors (Lipinski definition) is 2. The summed E-state index contributed by atoms with van der Waals surface area (Å²) in [5.41, 5.74) is 0.459. The van der Waals surface area contributed by atoms with Crippen molar-refractivity contribution in [2.45, 2.75) is 13.3 Å². The molecule has 1 N–H and O–H groups in total. The Morgan fingerprint density at radius 3 is 2.21 bits per heavy atom. The minimum atomic E-state index is -0.819. The minimum absolute atomic E-state index is 0.0201. The summed E-state index contributed by atoms with van der Waals surface area (Å²) in [5.74, 6) is -2.36. The Kier molecular flexibility index (Phi) is 6.01. The molecule has 0 fully saturated rings. The Bertz CT molecular complexity index is 700. The van der Waals surface area contributed by atoms with Crippen LogP contribution >= 0.6 is 0 Å². The predicted octanol–water partition coefficient (Wildman–Crippen LogP) is 2.68. The average Bonchev–Trinajstić information content (AvgIpc) is 2.53. The summed E-state index contributed by atoms with van der Waals surface area (Å²) in [7, 11) is 0. The van der Waals surface area contributed by atoms with Gasteiger partial charge in [-0.05, 0) is 17.7 Å². The second-order valence-electron chi connectivity index (χ2n) is 5.25. The lowest BCUT2D eigenvalue weighted by atomic mass is 10.1. The van der Waals surface area contributed by atoms with Crippen molar-refractivity contribution in [3.63, 3.8) is 0 Å². The molecule has 0 saturated heterocycles. The Balaban J connectivity index is 1.95. The average molecular weight is 332 g/mol. The van der Waals surface area contributed by atoms with Gasteiger partial charge in [0, 0.05) is 20.0 Å². The van der Waals surface area contributed by atoms with Gasteiger partial charge in [-0.25, -0.2) is 8.78 Å². The van der Waals surface area contributed by atoms with E-state index in [1.165, 1.54) is 13.0 Å². The Morgan fingerprint density at radius 2 is 1.62 bits per heavy atom. The van der Waals surface area contributed by atoms with Gasteiger partial charge in [0.1, 0.15) is 17.3 Å². The number of halogens is 2. The Labute approximate surface area is 139 Å². The number of carbonyl (C=O) groups is 2. The lowest BCUT2D eigenvalue weighted by Crippen LogP contribution is -2.38. The van der Waals surface area contributed by atoms with Gasteiger partial charge in [-0.15, -0.1) is 0 Å². The van der Waals surface area contributed by atoms with Gasteiger partial charge in [-0.2, -0.15) is 0 Å². The van der Waals surface area contributed by atoms with Crippen molar-refractivity contribution >= 4 is 17.5 Å². The molecule has 24 heavy (non-hydrogen) atoms. The van der Waals surface area contributed by atoms with Gasteiger partial charge in [0.05, 0.1) is 6.42 Å². The van der Waals surface area contributed by atoms with Gasteiger partial charge in [-0.3, -0.25) is 9.59 Å². The molecule has 0 radical (unpaired) electrons. The van der Waals surface area contributed by atoms with Crippen LogP contribution in [0.2, 0.25) is 0 Å². The van der Waals surface area contributed by atoms with Crippen LogP contribution in [0.4, 0.5) is 14.5 Å². The summed E-state index contributed by atoms with van der Waals surface area (Å²) in [6.45, 7) is 1.30. The molecule has 0 aliphatic heterocycles. The third-order valence-corrected chi connectivity index (χ3v) is 3.45. The number of hydrogen-bond donors (Lipinski definition) is 1. The minimum Gasteiger partial charge on any atom is -0.354 e. The van der Waals surface area contributed by atoms with Crippen LogP contribution in [0.25, 0.3) is 0 Å². The van der Waals surface area contributed by atoms with Crippen LogP contribution in [-0.2, 0) is 16.0 Å². The fourth-order valence-corrected chi connectivity index (χ4v) is 2.32. The van der Waals surface area contributed by atoms with Crippen molar-refractivity contribution in [1.82, 2.24) is 5.32 Å². The van der Waals surface area contributed by atoms with Crippen molar-refractivity contribution in [3.8, 4) is 0 Å². The normalized spacial score (nSPS) is 10.3. The van der Waals surface area contributed by atoms with E-state index in [2.05, 4.69) is 5.32 Å². The zero-order valence-corrected chi connectivity index (χ0v) is 13.3. The first-order valence-electron chi connectivity index (χ1n) is 7.52. The molecule has 0 bridgehead atoms. The highest BCUT2D eigenvalue weighted by atomic mass is 19.1. The number of amides is 2. The van der Waals surface area contributed by atoms with Gasteiger partial charge in [0.15, 0.2) is 0 Å². The zero-order valence-electron chi connectivity index (χ0n) is 13.3. The van der Waals surface area contributed by atoms with E-state index in [0.717, 1.165) is 22.6 Å². The van der Waals surface area contributed by atoms with Crippen molar-refractivity contribution in [1.29, 1.82) is 0 Å². The van der Waals surface area contributed by atoms with Crippen LogP contribution in [-0.4, -0.2) is 24.9 Å². The van der Waals surface area contributed by atoms with Crippen LogP contribution in [0.1, 0.15) is 12.5 Å². The number of carbonyl (C=O) groups excluding carboxylic acids is 2. The second kappa shape index (κ2) is 8.19. The lowest BCUT2D eigenvalue weighted by Gasteiger charge is -2.22. The molecule has 0 unspecified atom stereocenters. The molecule has 6 heteroatoms. The molecule has 0 saturated carbocycles. The third-order valence-electron chi connectivity index (χ3n) is 3.45. The number of benzene rings is 2. The number of nitrogens with one attached hydrogen (secondary N) is 1. The van der Waals surface area contributed by atoms with Gasteiger partial charge in [0.25, 0.3) is 0 Å². The van der Waals surface area contributed by atoms with E-state index >= 15 is 0 Å². The van der Waals surface area contributed by atoms with Crippen LogP contribution in [0.5, 0.6) is 0 Å². The van der Waals surface area contributed by atoms with E-state index in [0.29, 0.717) is 0 Å². The van der Waals surface area contributed by atoms with Crippen LogP contribution < -0.4 is 10.2 Å². The first kappa shape index (κ1) is 17.6. The molecule has 2 rings (SSSR count). The highest BCUT2D eigenvalue weighted by Crippen LogP contribution is 2.22. The number of rotatable bonds is 6. The molecule has 0 aliphatic rings. The van der Waals surface area contributed by atoms with Gasteiger partial charge >= 0.3 is 0 Å². The monoisotopic (exact) mass is 332 g/mol. The van der Waals surface area contributed by atoms with Gasteiger partial charge < -0.3 is 10.2 Å². The maximum Gasteiger partial charge on any atom is 0.224 e. The van der Waals surface area contributed by atoms with E-state index in [1.54, 1.807) is 0 Å². The summed E-state index contributed by atoms with van der Waals surface area (Å²) in [4.78, 5) is 24.5. The molecule has 0 atom stereocenters. The standard InChI is InChI=1S/C18H18F2N2O2/c1-13(23)22(18-15(19)8-5-9-16(18)20)11-10-21-17(24)12-14-6-3-2-4-7-14/h2-9H,10-12H2,1H3,(H,21,24). The van der Waals surface area contributed by atoms with E-state index in [1.807, 2.05) is 30.3 Å². The maximum absolute atomic E-state index is 13.8. The fraction of sp³-hybridized carbons (Fsp3) is 0.222. The molecule has 2 aromatic rings. The molecule has 0 spiro atoms. The number of nitrogens with zero attached hydrogens (tertiary/aromatic N) is 1. The molecule has 2 amide bonds. The second-order valence-corrected chi connectivity index (χ2v) is 5.25. The molecule has 0 aromatic heterocycles. The van der Waals surface area contributed by atoms with Crippen LogP contribution in [0, 0.1) is 11.6 Å². The van der Waals surface area contributed by atoms with Crippen molar-refractivity contribution in [3.05, 3.63) is 65.7 Å². The molecule has 2 aromatic carbocycles. The van der Waals surface area contributed by atoms with Gasteiger partial charge in [0.2, 0.25) is 11.8 Å². The van der Waals surface area contributed by atoms with E-state index in [-0.39, 0.29) is 25.4 Å². The van der Waals surface area contributed by atoms with E-state index in [9.17, 15) is 18.4 Å². The lowest BCUT2D eigenvalue weighted by molar-refractivity contribution is -0.121. The smallest absolute Gasteiger partial charge is 0.224 e. The quantitative estimate of drug-likeness (QED) is 0.884. The highest BCUT2D eigenvalue weighted by Gasteiger charge is 2.19. The fourth-order valence-electron chi connectivity index (χ4n) is 2.32. The molecule has 0 aliphatic carbocycles. The molecular formula is C18H18F2N2O2. The molecular weight excluding hydrogens is 314 g/mol. The maximum atomic E-state index is 13.8. The zero-order chi connectivity index (χ0) is 17.5. The largest absolute Gasteiger partial charge is 0.354 e. The summed E-state index contributed by atoms with van der Waals surface area (Å²) in [6.07, 6.45) is 0.203. The first-order valence-corrected chi connectivity index (χ1v) is 7.52. The van der Waals surface area contributed by atoms with Crippen molar-refractivity contribution < 1.29 is 18.4 Å². The van der Waals surface area contributed by atoms with E-state index < -0.39 is 23.2 Å². The van der Waals surface area contributed by atoms with Crippen molar-refractivity contribution in [2.24, 2.45) is 0 Å². The Morgan fingerprint density at radius 1 is 1.00 bits per heavy atom. The number of anilines is 1. The van der Waals surface area contributed by atoms with Crippen molar-refractivity contribution in [2.75, 3.05) is 18.0 Å². The van der Waals surface area contributed by atoms with Crippen LogP contribution in [0.15, 0.2) is 48.5 Å².